The van der Waals surface area contributed by atoms with Crippen LogP contribution in [0.5, 0.6) is 0 Å². The van der Waals surface area contributed by atoms with Crippen molar-refractivity contribution in [2.45, 2.75) is 40.0 Å². The van der Waals surface area contributed by atoms with Crippen molar-refractivity contribution >= 4 is 40.8 Å². The average molecular weight is 428 g/mol. The van der Waals surface area contributed by atoms with Gasteiger partial charge in [-0.05, 0) is 43.9 Å². The van der Waals surface area contributed by atoms with Gasteiger partial charge < -0.3 is 15.6 Å². The number of rotatable bonds is 7. The Morgan fingerprint density at radius 3 is 2.78 bits per heavy atom. The second kappa shape index (κ2) is 10.5. The first-order valence-corrected chi connectivity index (χ1v) is 8.34. The molecule has 0 aliphatic carbocycles. The number of halogens is 1. The normalized spacial score (nSPS) is 11.3. The van der Waals surface area contributed by atoms with Gasteiger partial charge in [0, 0.05) is 36.7 Å². The number of aryl methyl sites for hydroxylation is 1. The van der Waals surface area contributed by atoms with Gasteiger partial charge in [0.2, 0.25) is 0 Å². The smallest absolute Gasteiger partial charge is 0.191 e. The van der Waals surface area contributed by atoms with E-state index in [1.54, 1.807) is 0 Å². The number of nitrogens with zero attached hydrogens (tertiary/aromatic N) is 1. The Hall–Kier alpha value is -1.24. The van der Waals surface area contributed by atoms with Crippen molar-refractivity contribution in [3.63, 3.8) is 0 Å². The van der Waals surface area contributed by atoms with E-state index in [2.05, 4.69) is 65.8 Å². The molecule has 5 heteroatoms. The van der Waals surface area contributed by atoms with Crippen LogP contribution in [0.3, 0.4) is 0 Å². The largest absolute Gasteiger partial charge is 0.361 e. The first-order chi connectivity index (χ1) is 10.8. The number of hydrogen-bond acceptors (Lipinski definition) is 1. The molecule has 128 valence electrons. The number of hydrogen-bond donors (Lipinski definition) is 3. The van der Waals surface area contributed by atoms with Crippen molar-refractivity contribution in [1.29, 1.82) is 0 Å². The van der Waals surface area contributed by atoms with Crippen LogP contribution in [0, 0.1) is 6.92 Å². The van der Waals surface area contributed by atoms with E-state index >= 15 is 0 Å². The second-order valence-corrected chi connectivity index (χ2v) is 5.60. The molecule has 3 N–H and O–H groups in total. The summed E-state index contributed by atoms with van der Waals surface area (Å²) in [4.78, 5) is 7.95. The van der Waals surface area contributed by atoms with Crippen molar-refractivity contribution in [3.05, 3.63) is 35.5 Å². The maximum atomic E-state index is 4.59. The highest BCUT2D eigenvalue weighted by Gasteiger charge is 2.06. The molecule has 23 heavy (non-hydrogen) atoms. The highest BCUT2D eigenvalue weighted by atomic mass is 127. The van der Waals surface area contributed by atoms with Crippen LogP contribution in [0.25, 0.3) is 10.9 Å². The van der Waals surface area contributed by atoms with E-state index < -0.39 is 0 Å². The Morgan fingerprint density at radius 1 is 1.22 bits per heavy atom. The highest BCUT2D eigenvalue weighted by molar-refractivity contribution is 14.0. The van der Waals surface area contributed by atoms with Crippen LogP contribution in [-0.4, -0.2) is 30.6 Å². The zero-order valence-electron chi connectivity index (χ0n) is 14.4. The zero-order chi connectivity index (χ0) is 15.8. The molecule has 0 bridgehead atoms. The van der Waals surface area contributed by atoms with Gasteiger partial charge in [0.25, 0.3) is 0 Å². The molecular weight excluding hydrogens is 399 g/mol. The van der Waals surface area contributed by atoms with Gasteiger partial charge in [-0.3, -0.25) is 4.99 Å². The van der Waals surface area contributed by atoms with Crippen LogP contribution >= 0.6 is 24.0 Å². The van der Waals surface area contributed by atoms with Crippen molar-refractivity contribution < 1.29 is 0 Å². The average Bonchev–Trinajstić information content (AvgIpc) is 2.92. The molecule has 0 amide bonds. The lowest BCUT2D eigenvalue weighted by Crippen LogP contribution is -2.38. The summed E-state index contributed by atoms with van der Waals surface area (Å²) in [6.45, 7) is 9.13. The van der Waals surface area contributed by atoms with Gasteiger partial charge in [-0.2, -0.15) is 0 Å². The molecule has 0 saturated heterocycles. The van der Waals surface area contributed by atoms with Crippen molar-refractivity contribution in [3.8, 4) is 0 Å². The number of aliphatic imine (C=N–C) groups is 1. The molecule has 0 fully saturated rings. The third-order valence-corrected chi connectivity index (χ3v) is 3.81. The second-order valence-electron chi connectivity index (χ2n) is 5.60. The summed E-state index contributed by atoms with van der Waals surface area (Å²) in [6, 6.07) is 6.40. The summed E-state index contributed by atoms with van der Waals surface area (Å²) in [6.07, 6.45) is 5.43. The summed E-state index contributed by atoms with van der Waals surface area (Å²) in [5, 5.41) is 8.09. The van der Waals surface area contributed by atoms with Crippen molar-refractivity contribution in [2.24, 2.45) is 4.99 Å². The van der Waals surface area contributed by atoms with Gasteiger partial charge >= 0.3 is 0 Å². The topological polar surface area (TPSA) is 52.2 Å². The summed E-state index contributed by atoms with van der Waals surface area (Å²) in [5.41, 5.74) is 3.92. The number of fused-ring (bicyclic) bond motifs is 1. The molecular formula is C18H29IN4. The fraction of sp³-hybridized carbons (Fsp3) is 0.500. The van der Waals surface area contributed by atoms with Gasteiger partial charge in [0.05, 0.1) is 0 Å². The molecule has 0 spiro atoms. The summed E-state index contributed by atoms with van der Waals surface area (Å²) < 4.78 is 0. The van der Waals surface area contributed by atoms with Crippen molar-refractivity contribution in [1.82, 2.24) is 15.6 Å². The third-order valence-electron chi connectivity index (χ3n) is 3.81. The fourth-order valence-corrected chi connectivity index (χ4v) is 2.65. The minimum absolute atomic E-state index is 0. The maximum Gasteiger partial charge on any atom is 0.191 e. The summed E-state index contributed by atoms with van der Waals surface area (Å²) in [7, 11) is 0. The first-order valence-electron chi connectivity index (χ1n) is 8.34. The van der Waals surface area contributed by atoms with Gasteiger partial charge in [0.1, 0.15) is 0 Å². The molecule has 1 aromatic heterocycles. The lowest BCUT2D eigenvalue weighted by Gasteiger charge is -2.11. The lowest BCUT2D eigenvalue weighted by molar-refractivity contribution is 0.768. The lowest BCUT2D eigenvalue weighted by atomic mass is 10.1. The van der Waals surface area contributed by atoms with Gasteiger partial charge in [-0.25, -0.2) is 0 Å². The van der Waals surface area contributed by atoms with Gasteiger partial charge in [0.15, 0.2) is 5.96 Å². The minimum atomic E-state index is 0. The minimum Gasteiger partial charge on any atom is -0.361 e. The standard InChI is InChI=1S/C18H28N4.HI/c1-4-6-11-20-18(19-5-2)21-12-10-15-13-22-16-9-7-8-14(3)17(15)16;/h7-9,13,22H,4-6,10-12H2,1-3H3,(H2,19,20,21);1H. The van der Waals surface area contributed by atoms with Crippen LogP contribution in [0.4, 0.5) is 0 Å². The van der Waals surface area contributed by atoms with Crippen LogP contribution in [-0.2, 0) is 6.42 Å². The predicted molar refractivity (Wildman–Crippen MR) is 111 cm³/mol. The molecule has 0 aliphatic rings. The fourth-order valence-electron chi connectivity index (χ4n) is 2.65. The SMILES string of the molecule is CCCCN=C(NCC)NCCc1c[nH]c2cccc(C)c12.I. The van der Waals surface area contributed by atoms with E-state index in [1.165, 1.54) is 28.5 Å². The molecule has 0 atom stereocenters. The Labute approximate surface area is 156 Å². The maximum absolute atomic E-state index is 4.59. The van der Waals surface area contributed by atoms with Crippen LogP contribution in [0.2, 0.25) is 0 Å². The summed E-state index contributed by atoms with van der Waals surface area (Å²) in [5.74, 6) is 0.924. The molecule has 0 radical (unpaired) electrons. The number of H-pyrrole nitrogens is 1. The molecule has 0 unspecified atom stereocenters. The number of unbranched alkanes of at least 4 members (excludes halogenated alkanes) is 1. The van der Waals surface area contributed by atoms with E-state index in [0.717, 1.165) is 38.4 Å². The Kier molecular flexibility index (Phi) is 9.06. The van der Waals surface area contributed by atoms with Gasteiger partial charge in [-0.1, -0.05) is 25.5 Å². The molecule has 4 nitrogen and oxygen atoms in total. The first kappa shape index (κ1) is 19.8. The number of aromatic nitrogens is 1. The monoisotopic (exact) mass is 428 g/mol. The molecule has 1 heterocycles. The Morgan fingerprint density at radius 2 is 2.04 bits per heavy atom. The molecule has 2 rings (SSSR count). The van der Waals surface area contributed by atoms with E-state index in [-0.39, 0.29) is 24.0 Å². The van der Waals surface area contributed by atoms with Crippen LogP contribution in [0.1, 0.15) is 37.8 Å². The molecule has 0 saturated carbocycles. The quantitative estimate of drug-likeness (QED) is 0.270. The van der Waals surface area contributed by atoms with E-state index in [9.17, 15) is 0 Å². The Bertz CT molecular complexity index is 619. The predicted octanol–water partition coefficient (Wildman–Crippen LogP) is 3.99. The zero-order valence-corrected chi connectivity index (χ0v) is 16.7. The number of benzene rings is 1. The van der Waals surface area contributed by atoms with E-state index in [1.807, 2.05) is 0 Å². The van der Waals surface area contributed by atoms with E-state index in [4.69, 9.17) is 0 Å². The molecule has 2 aromatic rings. The summed E-state index contributed by atoms with van der Waals surface area (Å²) >= 11 is 0. The van der Waals surface area contributed by atoms with Gasteiger partial charge in [-0.15, -0.1) is 24.0 Å². The van der Waals surface area contributed by atoms with Crippen LogP contribution < -0.4 is 10.6 Å². The molecule has 0 aliphatic heterocycles. The number of nitrogens with one attached hydrogen (secondary N) is 3. The number of aromatic amines is 1. The molecule has 1 aromatic carbocycles. The van der Waals surface area contributed by atoms with Crippen LogP contribution in [0.15, 0.2) is 29.4 Å². The Balaban J connectivity index is 0.00000264. The third kappa shape index (κ3) is 5.71. The van der Waals surface area contributed by atoms with E-state index in [0.29, 0.717) is 0 Å². The highest BCUT2D eigenvalue weighted by Crippen LogP contribution is 2.22. The van der Waals surface area contributed by atoms with Crippen molar-refractivity contribution in [2.75, 3.05) is 19.6 Å². The number of guanidine groups is 1.